The Balaban J connectivity index is 0.00000245. The number of rotatable bonds is 4. The lowest BCUT2D eigenvalue weighted by Crippen LogP contribution is -2.37. The number of hydrogen-bond acceptors (Lipinski definition) is 5. The van der Waals surface area contributed by atoms with E-state index in [0.29, 0.717) is 18.7 Å². The van der Waals surface area contributed by atoms with Crippen LogP contribution in [0.1, 0.15) is 35.6 Å². The molecular formula is C23H23FN6O. The maximum absolute atomic E-state index is 14.0. The molecule has 1 aromatic carbocycles. The minimum Gasteiger partial charge on any atom is -0.346 e. The number of amides is 1. The van der Waals surface area contributed by atoms with Gasteiger partial charge in [0.2, 0.25) is 0 Å². The van der Waals surface area contributed by atoms with E-state index in [1.54, 1.807) is 35.1 Å². The second-order valence-corrected chi connectivity index (χ2v) is 7.72. The van der Waals surface area contributed by atoms with Crippen LogP contribution in [0.25, 0.3) is 5.65 Å². The van der Waals surface area contributed by atoms with Gasteiger partial charge in [0.1, 0.15) is 17.3 Å². The first-order valence-corrected chi connectivity index (χ1v) is 10.1. The number of nitrogens with zero attached hydrogens (tertiary/aromatic N) is 5. The Hall–Kier alpha value is -3.81. The molecule has 31 heavy (non-hydrogen) atoms. The smallest absolute Gasteiger partial charge is 0.270 e. The molecule has 1 aliphatic heterocycles. The molecule has 5 rings (SSSR count). The molecule has 1 amide bonds. The number of nitrogens with one attached hydrogen (secondary N) is 1. The van der Waals surface area contributed by atoms with E-state index in [9.17, 15) is 9.18 Å². The number of halogens is 1. The van der Waals surface area contributed by atoms with E-state index in [1.807, 2.05) is 37.3 Å². The van der Waals surface area contributed by atoms with Crippen molar-refractivity contribution in [3.63, 3.8) is 0 Å². The van der Waals surface area contributed by atoms with Gasteiger partial charge in [-0.3, -0.25) is 4.79 Å². The van der Waals surface area contributed by atoms with Crippen LogP contribution in [0.4, 0.5) is 10.2 Å². The van der Waals surface area contributed by atoms with Crippen LogP contribution in [0.5, 0.6) is 0 Å². The molecule has 1 fully saturated rings. The van der Waals surface area contributed by atoms with Crippen LogP contribution in [-0.2, 0) is 0 Å². The van der Waals surface area contributed by atoms with E-state index in [4.69, 9.17) is 0 Å². The molecular weight excluding hydrogens is 395 g/mol. The summed E-state index contributed by atoms with van der Waals surface area (Å²) in [6, 6.07) is 15.5. The van der Waals surface area contributed by atoms with E-state index in [-0.39, 0.29) is 25.2 Å². The SMILES string of the molecule is Cc1cccc(C(=O)NC2C[C@H](c3cccc(F)c3)N(c3ccc4nccn4n3)C2)n1.[HH]. The second kappa shape index (κ2) is 7.79. The van der Waals surface area contributed by atoms with E-state index < -0.39 is 0 Å². The zero-order valence-corrected chi connectivity index (χ0v) is 16.9. The molecule has 0 bridgehead atoms. The van der Waals surface area contributed by atoms with Gasteiger partial charge in [-0.15, -0.1) is 5.10 Å². The van der Waals surface area contributed by atoms with Gasteiger partial charge >= 0.3 is 0 Å². The molecule has 158 valence electrons. The van der Waals surface area contributed by atoms with Crippen molar-refractivity contribution in [2.24, 2.45) is 0 Å². The van der Waals surface area contributed by atoms with Gasteiger partial charge in [0, 0.05) is 32.1 Å². The minimum atomic E-state index is -0.285. The number of carbonyl (C=O) groups is 1. The highest BCUT2D eigenvalue weighted by Crippen LogP contribution is 2.35. The molecule has 0 radical (unpaired) electrons. The Morgan fingerprint density at radius 1 is 1.19 bits per heavy atom. The summed E-state index contributed by atoms with van der Waals surface area (Å²) in [6.45, 7) is 2.40. The number of aryl methyl sites for hydroxylation is 1. The number of carbonyl (C=O) groups excluding carboxylic acids is 1. The van der Waals surface area contributed by atoms with Crippen molar-refractivity contribution in [1.82, 2.24) is 24.9 Å². The van der Waals surface area contributed by atoms with Gasteiger partial charge in [-0.05, 0) is 55.3 Å². The van der Waals surface area contributed by atoms with Crippen molar-refractivity contribution in [3.05, 3.63) is 89.8 Å². The Morgan fingerprint density at radius 3 is 2.90 bits per heavy atom. The summed E-state index contributed by atoms with van der Waals surface area (Å²) in [6.07, 6.45) is 4.11. The average Bonchev–Trinajstić information content (AvgIpc) is 3.40. The molecule has 1 saturated heterocycles. The predicted octanol–water partition coefficient (Wildman–Crippen LogP) is 3.57. The first-order valence-electron chi connectivity index (χ1n) is 10.1. The number of anilines is 1. The Bertz CT molecular complexity index is 1260. The third-order valence-corrected chi connectivity index (χ3v) is 5.53. The lowest BCUT2D eigenvalue weighted by atomic mass is 10.0. The predicted molar refractivity (Wildman–Crippen MR) is 116 cm³/mol. The van der Waals surface area contributed by atoms with Crippen LogP contribution in [0.3, 0.4) is 0 Å². The van der Waals surface area contributed by atoms with Crippen LogP contribution in [-0.4, -0.2) is 38.1 Å². The van der Waals surface area contributed by atoms with Crippen molar-refractivity contribution in [2.45, 2.75) is 25.4 Å². The summed E-state index contributed by atoms with van der Waals surface area (Å²) in [5.41, 5.74) is 2.77. The maximum Gasteiger partial charge on any atom is 0.270 e. The maximum atomic E-state index is 14.0. The van der Waals surface area contributed by atoms with E-state index in [0.717, 1.165) is 22.7 Å². The van der Waals surface area contributed by atoms with Crippen LogP contribution >= 0.6 is 0 Å². The molecule has 7 nitrogen and oxygen atoms in total. The zero-order chi connectivity index (χ0) is 21.4. The molecule has 8 heteroatoms. The van der Waals surface area contributed by atoms with Gasteiger partial charge in [0.25, 0.3) is 5.91 Å². The van der Waals surface area contributed by atoms with Crippen LogP contribution < -0.4 is 10.2 Å². The molecule has 3 aromatic heterocycles. The summed E-state index contributed by atoms with van der Waals surface area (Å²) < 4.78 is 15.7. The van der Waals surface area contributed by atoms with Crippen molar-refractivity contribution < 1.29 is 10.6 Å². The Kier molecular flexibility index (Phi) is 4.82. The molecule has 0 spiro atoms. The monoisotopic (exact) mass is 418 g/mol. The Labute approximate surface area is 180 Å². The highest BCUT2D eigenvalue weighted by Gasteiger charge is 2.35. The van der Waals surface area contributed by atoms with E-state index in [2.05, 4.69) is 25.3 Å². The number of hydrogen-bond donors (Lipinski definition) is 1. The van der Waals surface area contributed by atoms with Crippen LogP contribution in [0.15, 0.2) is 67.0 Å². The van der Waals surface area contributed by atoms with Crippen molar-refractivity contribution in [3.8, 4) is 0 Å². The fraction of sp³-hybridized carbons (Fsp3) is 0.217. The van der Waals surface area contributed by atoms with Crippen molar-refractivity contribution in [1.29, 1.82) is 0 Å². The molecule has 4 aromatic rings. The molecule has 0 aliphatic carbocycles. The van der Waals surface area contributed by atoms with Crippen molar-refractivity contribution >= 4 is 17.4 Å². The molecule has 1 aliphatic rings. The second-order valence-electron chi connectivity index (χ2n) is 7.72. The van der Waals surface area contributed by atoms with Crippen LogP contribution in [0, 0.1) is 12.7 Å². The normalized spacial score (nSPS) is 18.5. The topological polar surface area (TPSA) is 75.4 Å². The first-order chi connectivity index (χ1) is 15.1. The summed E-state index contributed by atoms with van der Waals surface area (Å²) >= 11 is 0. The number of pyridine rings is 1. The highest BCUT2D eigenvalue weighted by atomic mass is 19.1. The van der Waals surface area contributed by atoms with Gasteiger partial charge in [-0.25, -0.2) is 18.9 Å². The lowest BCUT2D eigenvalue weighted by molar-refractivity contribution is 0.0934. The largest absolute Gasteiger partial charge is 0.346 e. The van der Waals surface area contributed by atoms with E-state index in [1.165, 1.54) is 6.07 Å². The quantitative estimate of drug-likeness (QED) is 0.548. The lowest BCUT2D eigenvalue weighted by Gasteiger charge is -2.25. The minimum absolute atomic E-state index is 0. The number of imidazole rings is 1. The molecule has 0 saturated carbocycles. The zero-order valence-electron chi connectivity index (χ0n) is 16.9. The third kappa shape index (κ3) is 3.84. The number of benzene rings is 1. The van der Waals surface area contributed by atoms with Gasteiger partial charge in [0.05, 0.1) is 6.04 Å². The van der Waals surface area contributed by atoms with Crippen LogP contribution in [0.2, 0.25) is 0 Å². The first kappa shape index (κ1) is 19.2. The molecule has 1 unspecified atom stereocenters. The Morgan fingerprint density at radius 2 is 2.06 bits per heavy atom. The third-order valence-electron chi connectivity index (χ3n) is 5.53. The average molecular weight is 418 g/mol. The molecule has 1 N–H and O–H groups in total. The summed E-state index contributed by atoms with van der Waals surface area (Å²) in [7, 11) is 0. The summed E-state index contributed by atoms with van der Waals surface area (Å²) in [4.78, 5) is 23.4. The number of aromatic nitrogens is 4. The number of fused-ring (bicyclic) bond motifs is 1. The molecule has 4 heterocycles. The fourth-order valence-electron chi connectivity index (χ4n) is 4.11. The van der Waals surface area contributed by atoms with Gasteiger partial charge in [0.15, 0.2) is 5.65 Å². The summed E-state index contributed by atoms with van der Waals surface area (Å²) in [5.74, 6) is 0.240. The van der Waals surface area contributed by atoms with Gasteiger partial charge in [-0.2, -0.15) is 0 Å². The van der Waals surface area contributed by atoms with Gasteiger partial charge < -0.3 is 10.2 Å². The van der Waals surface area contributed by atoms with Crippen molar-refractivity contribution in [2.75, 3.05) is 11.4 Å². The van der Waals surface area contributed by atoms with E-state index >= 15 is 0 Å². The molecule has 2 atom stereocenters. The van der Waals surface area contributed by atoms with Gasteiger partial charge in [-0.1, -0.05) is 18.2 Å². The fourth-order valence-corrected chi connectivity index (χ4v) is 4.11. The summed E-state index contributed by atoms with van der Waals surface area (Å²) in [5, 5.41) is 7.74. The standard InChI is InChI=1S/C23H21FN6O.H2/c1-15-4-2-7-19(26-15)23(31)27-18-13-20(16-5-3-6-17(24)12-16)29(14-18)22-9-8-21-25-10-11-30(21)28-22;/h2-12,18,20H,13-14H2,1H3,(H,27,31);1H/t18?,20-;/m1./s1. The highest BCUT2D eigenvalue weighted by molar-refractivity contribution is 5.92.